The van der Waals surface area contributed by atoms with Gasteiger partial charge < -0.3 is 15.4 Å². The molecular weight excluding hydrogens is 311 g/mol. The van der Waals surface area contributed by atoms with E-state index in [-0.39, 0.29) is 5.91 Å². The summed E-state index contributed by atoms with van der Waals surface area (Å²) in [4.78, 5) is 15.9. The van der Waals surface area contributed by atoms with Crippen molar-refractivity contribution in [1.29, 1.82) is 0 Å². The van der Waals surface area contributed by atoms with Gasteiger partial charge in [0, 0.05) is 16.2 Å². The van der Waals surface area contributed by atoms with Crippen LogP contribution in [0, 0.1) is 0 Å². The molecule has 0 spiro atoms. The highest BCUT2D eigenvalue weighted by molar-refractivity contribution is 9.10. The van der Waals surface area contributed by atoms with Gasteiger partial charge in [-0.3, -0.25) is 4.79 Å². The lowest BCUT2D eigenvalue weighted by Crippen LogP contribution is -2.29. The number of hydrogen-bond acceptors (Lipinski definition) is 4. The summed E-state index contributed by atoms with van der Waals surface area (Å²) in [6.45, 7) is 0. The van der Waals surface area contributed by atoms with Crippen LogP contribution in [0.4, 0.5) is 5.82 Å². The van der Waals surface area contributed by atoms with E-state index in [1.807, 2.05) is 0 Å². The maximum Gasteiger partial charge on any atom is 0.488 e. The number of pyridine rings is 1. The Morgan fingerprint density at radius 3 is 2.37 bits per heavy atom. The molecule has 0 unspecified atom stereocenters. The Morgan fingerprint density at radius 2 is 1.84 bits per heavy atom. The average Bonchev–Trinajstić information content (AvgIpc) is 2.41. The van der Waals surface area contributed by atoms with Crippen LogP contribution >= 0.6 is 15.9 Å². The van der Waals surface area contributed by atoms with Crippen LogP contribution in [0.25, 0.3) is 0 Å². The molecule has 1 heterocycles. The van der Waals surface area contributed by atoms with Crippen LogP contribution in [0.3, 0.4) is 0 Å². The fourth-order valence-corrected chi connectivity index (χ4v) is 1.68. The lowest BCUT2D eigenvalue weighted by molar-refractivity contribution is 0.102. The molecule has 1 aromatic heterocycles. The molecule has 1 aromatic carbocycles. The summed E-state index contributed by atoms with van der Waals surface area (Å²) in [7, 11) is -1.54. The van der Waals surface area contributed by atoms with Crippen molar-refractivity contribution >= 4 is 40.2 Å². The maximum atomic E-state index is 11.9. The third-order valence-electron chi connectivity index (χ3n) is 2.44. The van der Waals surface area contributed by atoms with E-state index in [0.717, 1.165) is 4.47 Å². The van der Waals surface area contributed by atoms with E-state index in [9.17, 15) is 4.79 Å². The summed E-state index contributed by atoms with van der Waals surface area (Å²) in [6, 6.07) is 9.44. The Labute approximate surface area is 118 Å². The minimum absolute atomic E-state index is 0.311. The molecule has 0 aliphatic rings. The van der Waals surface area contributed by atoms with Gasteiger partial charge >= 0.3 is 7.12 Å². The zero-order chi connectivity index (χ0) is 13.8. The van der Waals surface area contributed by atoms with Gasteiger partial charge in [0.1, 0.15) is 5.82 Å². The number of halogens is 1. The molecule has 0 radical (unpaired) electrons. The Balaban J connectivity index is 2.09. The average molecular weight is 321 g/mol. The van der Waals surface area contributed by atoms with E-state index in [0.29, 0.717) is 16.8 Å². The Hall–Kier alpha value is -1.70. The van der Waals surface area contributed by atoms with E-state index in [1.165, 1.54) is 24.3 Å². The molecule has 0 fully saturated rings. The first-order valence-corrected chi connectivity index (χ1v) is 6.24. The van der Waals surface area contributed by atoms with Crippen molar-refractivity contribution in [3.63, 3.8) is 0 Å². The van der Waals surface area contributed by atoms with E-state index in [2.05, 4.69) is 26.2 Å². The zero-order valence-electron chi connectivity index (χ0n) is 9.75. The summed E-state index contributed by atoms with van der Waals surface area (Å²) in [5.41, 5.74) is 0.743. The van der Waals surface area contributed by atoms with Gasteiger partial charge in [0.25, 0.3) is 5.91 Å². The molecule has 0 aliphatic heterocycles. The summed E-state index contributed by atoms with van der Waals surface area (Å²) < 4.78 is 0.826. The highest BCUT2D eigenvalue weighted by Crippen LogP contribution is 2.11. The van der Waals surface area contributed by atoms with Crippen molar-refractivity contribution < 1.29 is 14.8 Å². The lowest BCUT2D eigenvalue weighted by atomic mass is 9.80. The standard InChI is InChI=1S/C12H10BBrN2O3/c14-10-5-6-11(15-7-10)16-12(17)8-1-3-9(4-2-8)13(18)19/h1-7,18-19H,(H,15,16,17). The number of rotatable bonds is 3. The summed E-state index contributed by atoms with van der Waals surface area (Å²) in [6.07, 6.45) is 1.58. The van der Waals surface area contributed by atoms with Crippen molar-refractivity contribution in [2.24, 2.45) is 0 Å². The lowest BCUT2D eigenvalue weighted by Gasteiger charge is -2.05. The van der Waals surface area contributed by atoms with Crippen LogP contribution < -0.4 is 10.8 Å². The SMILES string of the molecule is O=C(Nc1ccc(Br)cn1)c1ccc(B(O)O)cc1. The number of anilines is 1. The summed E-state index contributed by atoms with van der Waals surface area (Å²) in [5, 5.41) is 20.5. The van der Waals surface area contributed by atoms with Gasteiger partial charge in [-0.1, -0.05) is 12.1 Å². The number of amides is 1. The molecule has 3 N–H and O–H groups in total. The molecule has 2 rings (SSSR count). The molecule has 0 atom stereocenters. The van der Waals surface area contributed by atoms with Crippen LogP contribution in [-0.4, -0.2) is 28.1 Å². The van der Waals surface area contributed by atoms with E-state index < -0.39 is 7.12 Å². The molecule has 96 valence electrons. The largest absolute Gasteiger partial charge is 0.488 e. The van der Waals surface area contributed by atoms with E-state index in [1.54, 1.807) is 18.3 Å². The van der Waals surface area contributed by atoms with Crippen LogP contribution in [-0.2, 0) is 0 Å². The highest BCUT2D eigenvalue weighted by atomic mass is 79.9. The topological polar surface area (TPSA) is 82.5 Å². The third kappa shape index (κ3) is 3.63. The molecule has 7 heteroatoms. The molecule has 5 nitrogen and oxygen atoms in total. The molecule has 2 aromatic rings. The van der Waals surface area contributed by atoms with Gasteiger partial charge in [0.15, 0.2) is 0 Å². The van der Waals surface area contributed by atoms with Gasteiger partial charge in [0.2, 0.25) is 0 Å². The van der Waals surface area contributed by atoms with Gasteiger partial charge in [0.05, 0.1) is 0 Å². The predicted octanol–water partition coefficient (Wildman–Crippen LogP) is 0.776. The number of hydrogen-bond donors (Lipinski definition) is 3. The Kier molecular flexibility index (Phi) is 4.31. The van der Waals surface area contributed by atoms with Crippen LogP contribution in [0.5, 0.6) is 0 Å². The first kappa shape index (κ1) is 13.7. The molecule has 0 saturated carbocycles. The molecule has 1 amide bonds. The summed E-state index contributed by atoms with van der Waals surface area (Å²) >= 11 is 3.26. The van der Waals surface area contributed by atoms with Crippen LogP contribution in [0.1, 0.15) is 10.4 Å². The first-order chi connectivity index (χ1) is 9.06. The summed E-state index contributed by atoms with van der Waals surface area (Å²) in [5.74, 6) is 0.133. The van der Waals surface area contributed by atoms with E-state index >= 15 is 0 Å². The Morgan fingerprint density at radius 1 is 1.16 bits per heavy atom. The van der Waals surface area contributed by atoms with Crippen molar-refractivity contribution in [2.45, 2.75) is 0 Å². The number of nitrogens with one attached hydrogen (secondary N) is 1. The monoisotopic (exact) mass is 320 g/mol. The van der Waals surface area contributed by atoms with Crippen molar-refractivity contribution in [3.05, 3.63) is 52.6 Å². The fourth-order valence-electron chi connectivity index (χ4n) is 1.44. The maximum absolute atomic E-state index is 11.9. The van der Waals surface area contributed by atoms with Crippen molar-refractivity contribution in [3.8, 4) is 0 Å². The van der Waals surface area contributed by atoms with E-state index in [4.69, 9.17) is 10.0 Å². The number of carbonyl (C=O) groups is 1. The minimum Gasteiger partial charge on any atom is -0.423 e. The molecule has 0 bridgehead atoms. The van der Waals surface area contributed by atoms with Gasteiger partial charge in [-0.15, -0.1) is 0 Å². The predicted molar refractivity (Wildman–Crippen MR) is 76.2 cm³/mol. The van der Waals surface area contributed by atoms with Gasteiger partial charge in [-0.2, -0.15) is 0 Å². The number of benzene rings is 1. The second-order valence-electron chi connectivity index (χ2n) is 3.81. The second-order valence-corrected chi connectivity index (χ2v) is 4.73. The molecular formula is C12H10BBrN2O3. The second kappa shape index (κ2) is 5.96. The Bertz CT molecular complexity index is 573. The quantitative estimate of drug-likeness (QED) is 0.730. The zero-order valence-corrected chi connectivity index (χ0v) is 11.3. The third-order valence-corrected chi connectivity index (χ3v) is 2.91. The number of aromatic nitrogens is 1. The molecule has 19 heavy (non-hydrogen) atoms. The van der Waals surface area contributed by atoms with Crippen molar-refractivity contribution in [1.82, 2.24) is 4.98 Å². The highest BCUT2D eigenvalue weighted by Gasteiger charge is 2.12. The van der Waals surface area contributed by atoms with Gasteiger partial charge in [-0.05, 0) is 45.7 Å². The van der Waals surface area contributed by atoms with Crippen LogP contribution in [0.2, 0.25) is 0 Å². The van der Waals surface area contributed by atoms with Gasteiger partial charge in [-0.25, -0.2) is 4.98 Å². The minimum atomic E-state index is -1.54. The van der Waals surface area contributed by atoms with Crippen LogP contribution in [0.15, 0.2) is 47.1 Å². The van der Waals surface area contributed by atoms with Crippen molar-refractivity contribution in [2.75, 3.05) is 5.32 Å². The number of nitrogens with zero attached hydrogens (tertiary/aromatic N) is 1. The normalized spacial score (nSPS) is 10.1. The smallest absolute Gasteiger partial charge is 0.423 e. The fraction of sp³-hybridized carbons (Fsp3) is 0. The first-order valence-electron chi connectivity index (χ1n) is 5.45. The molecule has 0 aliphatic carbocycles. The molecule has 0 saturated heterocycles. The number of carbonyl (C=O) groups excluding carboxylic acids is 1.